The smallest absolute Gasteiger partial charge is 0.226 e. The Balaban J connectivity index is 1.80. The number of aliphatic hydroxyl groups excluding tert-OH is 1. The van der Waals surface area contributed by atoms with E-state index in [1.165, 1.54) is 0 Å². The number of aromatic amines is 1. The van der Waals surface area contributed by atoms with Crippen LogP contribution in [0.2, 0.25) is 0 Å². The highest BCUT2D eigenvalue weighted by Gasteiger charge is 2.41. The van der Waals surface area contributed by atoms with E-state index >= 15 is 0 Å². The van der Waals surface area contributed by atoms with Gasteiger partial charge >= 0.3 is 0 Å². The van der Waals surface area contributed by atoms with Gasteiger partial charge in [0.25, 0.3) is 0 Å². The summed E-state index contributed by atoms with van der Waals surface area (Å²) in [5, 5.41) is 13.2. The molecule has 2 saturated heterocycles. The molecule has 2 aromatic heterocycles. The first-order valence-electron chi connectivity index (χ1n) is 7.67. The van der Waals surface area contributed by atoms with Gasteiger partial charge in [-0.25, -0.2) is 4.98 Å². The Labute approximate surface area is 122 Å². The van der Waals surface area contributed by atoms with Gasteiger partial charge in [-0.05, 0) is 32.6 Å². The highest BCUT2D eigenvalue weighted by atomic mass is 16.3. The standard InChI is InChI=1S/C14H20N6O/c1-2-15-14-18-12-11(16-7-17-12)13(19-14)20-8-3-4-9(20)6-10(21)5-8/h7-10,21H,2-6H2,1H3,(H2,15,16,17,18,19). The number of nitrogens with one attached hydrogen (secondary N) is 2. The van der Waals surface area contributed by atoms with Gasteiger partial charge in [-0.3, -0.25) is 0 Å². The van der Waals surface area contributed by atoms with Gasteiger partial charge in [-0.2, -0.15) is 9.97 Å². The maximum Gasteiger partial charge on any atom is 0.226 e. The molecular formula is C14H20N6O. The lowest BCUT2D eigenvalue weighted by Crippen LogP contribution is -2.45. The van der Waals surface area contributed by atoms with Crippen LogP contribution < -0.4 is 10.2 Å². The molecule has 4 heterocycles. The summed E-state index contributed by atoms with van der Waals surface area (Å²) in [7, 11) is 0. The third kappa shape index (κ3) is 2.03. The molecule has 2 aliphatic heterocycles. The third-order valence-electron chi connectivity index (χ3n) is 4.55. The van der Waals surface area contributed by atoms with E-state index in [1.54, 1.807) is 6.33 Å². The van der Waals surface area contributed by atoms with Gasteiger partial charge in [-0.15, -0.1) is 0 Å². The van der Waals surface area contributed by atoms with Crippen molar-refractivity contribution in [1.82, 2.24) is 19.9 Å². The van der Waals surface area contributed by atoms with E-state index in [9.17, 15) is 5.11 Å². The molecule has 112 valence electrons. The first kappa shape index (κ1) is 12.8. The second-order valence-electron chi connectivity index (χ2n) is 5.92. The van der Waals surface area contributed by atoms with Crippen molar-refractivity contribution in [3.8, 4) is 0 Å². The lowest BCUT2D eigenvalue weighted by atomic mass is 10.00. The molecule has 2 aromatic rings. The van der Waals surface area contributed by atoms with E-state index in [0.717, 1.165) is 43.6 Å². The molecule has 0 saturated carbocycles. The quantitative estimate of drug-likeness (QED) is 0.788. The number of hydrogen-bond acceptors (Lipinski definition) is 6. The van der Waals surface area contributed by atoms with Crippen molar-refractivity contribution in [1.29, 1.82) is 0 Å². The van der Waals surface area contributed by atoms with E-state index in [1.807, 2.05) is 6.92 Å². The number of H-pyrrole nitrogens is 1. The van der Waals surface area contributed by atoms with E-state index < -0.39 is 0 Å². The van der Waals surface area contributed by atoms with Crippen LogP contribution in [0.25, 0.3) is 11.2 Å². The fourth-order valence-corrected chi connectivity index (χ4v) is 3.74. The van der Waals surface area contributed by atoms with Crippen molar-refractivity contribution in [3.05, 3.63) is 6.33 Å². The highest BCUT2D eigenvalue weighted by Crippen LogP contribution is 2.40. The molecule has 7 heteroatoms. The Morgan fingerprint density at radius 2 is 2.10 bits per heavy atom. The number of fused-ring (bicyclic) bond motifs is 3. The zero-order chi connectivity index (χ0) is 14.4. The van der Waals surface area contributed by atoms with E-state index in [4.69, 9.17) is 4.98 Å². The lowest BCUT2D eigenvalue weighted by molar-refractivity contribution is 0.126. The molecule has 2 aliphatic rings. The monoisotopic (exact) mass is 288 g/mol. The number of aliphatic hydroxyl groups is 1. The van der Waals surface area contributed by atoms with Crippen LogP contribution in [0.15, 0.2) is 6.33 Å². The molecule has 0 aromatic carbocycles. The first-order valence-corrected chi connectivity index (χ1v) is 7.67. The summed E-state index contributed by atoms with van der Waals surface area (Å²) in [5.74, 6) is 1.55. The number of nitrogens with zero attached hydrogens (tertiary/aromatic N) is 4. The summed E-state index contributed by atoms with van der Waals surface area (Å²) in [4.78, 5) is 18.9. The van der Waals surface area contributed by atoms with Crippen LogP contribution in [0.4, 0.5) is 11.8 Å². The number of aromatic nitrogens is 4. The van der Waals surface area contributed by atoms with Crippen molar-refractivity contribution < 1.29 is 5.11 Å². The number of piperidine rings is 1. The Hall–Kier alpha value is -1.89. The summed E-state index contributed by atoms with van der Waals surface area (Å²) in [5.41, 5.74) is 1.59. The zero-order valence-electron chi connectivity index (χ0n) is 12.1. The summed E-state index contributed by atoms with van der Waals surface area (Å²) in [6.07, 6.45) is 5.39. The molecule has 0 spiro atoms. The lowest BCUT2D eigenvalue weighted by Gasteiger charge is -2.38. The average Bonchev–Trinajstić information content (AvgIpc) is 3.02. The van der Waals surface area contributed by atoms with Crippen LogP contribution in [0, 0.1) is 0 Å². The number of anilines is 2. The van der Waals surface area contributed by atoms with Crippen molar-refractivity contribution in [2.24, 2.45) is 0 Å². The second-order valence-corrected chi connectivity index (χ2v) is 5.92. The van der Waals surface area contributed by atoms with Gasteiger partial charge < -0.3 is 20.3 Å². The molecule has 4 rings (SSSR count). The van der Waals surface area contributed by atoms with Crippen LogP contribution in [0.5, 0.6) is 0 Å². The predicted octanol–water partition coefficient (Wildman–Crippen LogP) is 1.28. The Bertz CT molecular complexity index is 642. The minimum atomic E-state index is -0.175. The predicted molar refractivity (Wildman–Crippen MR) is 80.4 cm³/mol. The third-order valence-corrected chi connectivity index (χ3v) is 4.55. The Kier molecular flexibility index (Phi) is 2.95. The Morgan fingerprint density at radius 3 is 2.81 bits per heavy atom. The van der Waals surface area contributed by atoms with Crippen LogP contribution in [0.3, 0.4) is 0 Å². The van der Waals surface area contributed by atoms with Crippen molar-refractivity contribution in [2.45, 2.75) is 50.8 Å². The summed E-state index contributed by atoms with van der Waals surface area (Å²) in [6.45, 7) is 2.81. The molecule has 7 nitrogen and oxygen atoms in total. The molecule has 2 fully saturated rings. The highest BCUT2D eigenvalue weighted by molar-refractivity contribution is 5.85. The van der Waals surface area contributed by atoms with E-state index in [2.05, 4.69) is 25.2 Å². The topological polar surface area (TPSA) is 90.0 Å². The summed E-state index contributed by atoms with van der Waals surface area (Å²) < 4.78 is 0. The van der Waals surface area contributed by atoms with Crippen molar-refractivity contribution >= 4 is 22.9 Å². The molecule has 3 N–H and O–H groups in total. The van der Waals surface area contributed by atoms with Crippen molar-refractivity contribution in [2.75, 3.05) is 16.8 Å². The number of rotatable bonds is 3. The molecule has 2 unspecified atom stereocenters. The maximum absolute atomic E-state index is 9.97. The molecule has 21 heavy (non-hydrogen) atoms. The average molecular weight is 288 g/mol. The van der Waals surface area contributed by atoms with Crippen molar-refractivity contribution in [3.63, 3.8) is 0 Å². The minimum absolute atomic E-state index is 0.175. The van der Waals surface area contributed by atoms with Crippen LogP contribution >= 0.6 is 0 Å². The van der Waals surface area contributed by atoms with Gasteiger partial charge in [0.1, 0.15) is 5.52 Å². The van der Waals surface area contributed by atoms with E-state index in [0.29, 0.717) is 23.7 Å². The number of imidazole rings is 1. The molecule has 2 atom stereocenters. The molecular weight excluding hydrogens is 268 g/mol. The maximum atomic E-state index is 9.97. The Morgan fingerprint density at radius 1 is 1.33 bits per heavy atom. The molecule has 0 radical (unpaired) electrons. The molecule has 0 aliphatic carbocycles. The van der Waals surface area contributed by atoms with Gasteiger partial charge in [0, 0.05) is 18.6 Å². The van der Waals surface area contributed by atoms with Crippen LogP contribution in [-0.4, -0.2) is 49.8 Å². The van der Waals surface area contributed by atoms with E-state index in [-0.39, 0.29) is 6.10 Å². The largest absolute Gasteiger partial charge is 0.393 e. The van der Waals surface area contributed by atoms with Crippen LogP contribution in [0.1, 0.15) is 32.6 Å². The minimum Gasteiger partial charge on any atom is -0.393 e. The second kappa shape index (κ2) is 4.84. The summed E-state index contributed by atoms with van der Waals surface area (Å²) >= 11 is 0. The summed E-state index contributed by atoms with van der Waals surface area (Å²) in [6, 6.07) is 0.740. The van der Waals surface area contributed by atoms with Gasteiger partial charge in [0.2, 0.25) is 5.95 Å². The first-order chi connectivity index (χ1) is 10.3. The van der Waals surface area contributed by atoms with Gasteiger partial charge in [-0.1, -0.05) is 0 Å². The SMILES string of the molecule is CCNc1nc(N2C3CCC2CC(O)C3)c2[nH]cnc2n1. The van der Waals surface area contributed by atoms with Gasteiger partial charge in [0.05, 0.1) is 12.4 Å². The molecule has 0 amide bonds. The van der Waals surface area contributed by atoms with Crippen LogP contribution in [-0.2, 0) is 0 Å². The fraction of sp³-hybridized carbons (Fsp3) is 0.643. The zero-order valence-corrected chi connectivity index (χ0v) is 12.1. The van der Waals surface area contributed by atoms with Gasteiger partial charge in [0.15, 0.2) is 11.5 Å². The fourth-order valence-electron chi connectivity index (χ4n) is 3.74. The number of hydrogen-bond donors (Lipinski definition) is 3. The normalized spacial score (nSPS) is 28.3. The molecule has 2 bridgehead atoms.